The van der Waals surface area contributed by atoms with Crippen molar-refractivity contribution in [2.75, 3.05) is 0 Å². The van der Waals surface area contributed by atoms with E-state index < -0.39 is 59.2 Å². The van der Waals surface area contributed by atoms with E-state index >= 15 is 0 Å². The predicted octanol–water partition coefficient (Wildman–Crippen LogP) is 6.35. The SMILES string of the molecule is FC(F)(F)[C@]1(F)C(F)(F)C(F)(F)[C@](F)(C(F)(F)F)[C@@](F)(C(F)(F)F)[C@@]1(F)C(F)(F)F. The lowest BCUT2D eigenvalue weighted by Gasteiger charge is -2.60. The van der Waals surface area contributed by atoms with E-state index in [0.29, 0.717) is 0 Å². The van der Waals surface area contributed by atoms with Crippen LogP contribution in [-0.4, -0.2) is 59.2 Å². The summed E-state index contributed by atoms with van der Waals surface area (Å²) in [6.07, 6.45) is -34.8. The zero-order chi connectivity index (χ0) is 25.0. The zero-order valence-corrected chi connectivity index (χ0v) is 12.6. The van der Waals surface area contributed by atoms with Crippen LogP contribution < -0.4 is 0 Å². The highest BCUT2D eigenvalue weighted by molar-refractivity contribution is 5.41. The Morgan fingerprint density at radius 2 is 0.400 bits per heavy atom. The van der Waals surface area contributed by atoms with E-state index in [9.17, 15) is 87.8 Å². The van der Waals surface area contributed by atoms with Gasteiger partial charge in [-0.05, 0) is 0 Å². The summed E-state index contributed by atoms with van der Waals surface area (Å²) in [4.78, 5) is 0. The predicted molar refractivity (Wildman–Crippen MR) is 49.5 cm³/mol. The molecule has 0 amide bonds. The standard InChI is InChI=1S/C10F20/c11-1(7(19,20)21)2(12,8(22,23)24)4(14,10(28,29)30)6(17,18)5(15,16)3(1,13)9(25,26)27/t1-,2+,3+,4-. The summed E-state index contributed by atoms with van der Waals surface area (Å²) in [5, 5.41) is 0. The van der Waals surface area contributed by atoms with Crippen molar-refractivity contribution in [1.29, 1.82) is 0 Å². The Kier molecular flexibility index (Phi) is 5.05. The molecule has 0 N–H and O–H groups in total. The molecule has 0 aromatic carbocycles. The number of hydrogen-bond acceptors (Lipinski definition) is 0. The highest BCUT2D eigenvalue weighted by Crippen LogP contribution is 2.78. The molecule has 1 fully saturated rings. The van der Waals surface area contributed by atoms with E-state index in [1.54, 1.807) is 0 Å². The first-order chi connectivity index (χ1) is 12.5. The molecule has 1 aliphatic carbocycles. The fraction of sp³-hybridized carbons (Fsp3) is 1.00. The Morgan fingerprint density at radius 1 is 0.267 bits per heavy atom. The van der Waals surface area contributed by atoms with Gasteiger partial charge in [-0.1, -0.05) is 0 Å². The van der Waals surface area contributed by atoms with Gasteiger partial charge in [0.1, 0.15) is 0 Å². The highest BCUT2D eigenvalue weighted by atomic mass is 19.4. The van der Waals surface area contributed by atoms with Gasteiger partial charge in [-0.3, -0.25) is 0 Å². The van der Waals surface area contributed by atoms with Crippen molar-refractivity contribution in [1.82, 2.24) is 0 Å². The van der Waals surface area contributed by atoms with Crippen molar-refractivity contribution >= 4 is 0 Å². The van der Waals surface area contributed by atoms with Crippen LogP contribution in [0.4, 0.5) is 87.8 Å². The maximum atomic E-state index is 14.2. The average Bonchev–Trinajstić information content (AvgIpc) is 2.45. The van der Waals surface area contributed by atoms with E-state index in [1.807, 2.05) is 0 Å². The summed E-state index contributed by atoms with van der Waals surface area (Å²) in [7, 11) is 0. The van der Waals surface area contributed by atoms with Gasteiger partial charge in [-0.25, -0.2) is 17.6 Å². The van der Waals surface area contributed by atoms with Gasteiger partial charge in [0.25, 0.3) is 0 Å². The molecule has 0 aromatic rings. The third kappa shape index (κ3) is 2.22. The molecule has 0 radical (unpaired) electrons. The van der Waals surface area contributed by atoms with Crippen molar-refractivity contribution in [3.05, 3.63) is 0 Å². The second kappa shape index (κ2) is 5.69. The summed E-state index contributed by atoms with van der Waals surface area (Å²) in [5.41, 5.74) is -36.9. The van der Waals surface area contributed by atoms with E-state index in [-0.39, 0.29) is 0 Å². The molecule has 1 aliphatic rings. The molecule has 0 aromatic heterocycles. The lowest BCUT2D eigenvalue weighted by atomic mass is 9.54. The lowest BCUT2D eigenvalue weighted by Crippen LogP contribution is -2.96. The van der Waals surface area contributed by atoms with Gasteiger partial charge in [-0.2, -0.15) is 70.2 Å². The molecule has 0 spiro atoms. The van der Waals surface area contributed by atoms with E-state index in [1.165, 1.54) is 0 Å². The fourth-order valence-corrected chi connectivity index (χ4v) is 2.87. The Bertz CT molecular complexity index is 630. The maximum Gasteiger partial charge on any atom is 0.432 e. The van der Waals surface area contributed by atoms with Crippen LogP contribution in [0.25, 0.3) is 0 Å². The zero-order valence-electron chi connectivity index (χ0n) is 12.6. The molecule has 0 saturated heterocycles. The highest BCUT2D eigenvalue weighted by Gasteiger charge is 3.13. The second-order valence-corrected chi connectivity index (χ2v) is 5.77. The number of alkyl halides is 20. The Morgan fingerprint density at radius 3 is 0.500 bits per heavy atom. The van der Waals surface area contributed by atoms with E-state index in [0.717, 1.165) is 0 Å². The molecule has 4 atom stereocenters. The molecule has 180 valence electrons. The van der Waals surface area contributed by atoms with Gasteiger partial charge < -0.3 is 0 Å². The average molecular weight is 500 g/mol. The minimum atomic E-state index is -9.33. The van der Waals surface area contributed by atoms with Gasteiger partial charge in [0.05, 0.1) is 0 Å². The van der Waals surface area contributed by atoms with Crippen LogP contribution in [0, 0.1) is 0 Å². The number of halogens is 20. The number of hydrogen-bond donors (Lipinski definition) is 0. The topological polar surface area (TPSA) is 0 Å². The van der Waals surface area contributed by atoms with Crippen molar-refractivity contribution < 1.29 is 87.8 Å². The Balaban J connectivity index is 4.65. The van der Waals surface area contributed by atoms with Gasteiger partial charge in [-0.15, -0.1) is 0 Å². The second-order valence-electron chi connectivity index (χ2n) is 5.77. The molecule has 0 unspecified atom stereocenters. The third-order valence-electron chi connectivity index (χ3n) is 4.25. The summed E-state index contributed by atoms with van der Waals surface area (Å²) in [5.74, 6) is -17.9. The summed E-state index contributed by atoms with van der Waals surface area (Å²) >= 11 is 0. The Hall–Kier alpha value is -1.40. The quantitative estimate of drug-likeness (QED) is 0.340. The van der Waals surface area contributed by atoms with Crippen molar-refractivity contribution in [2.24, 2.45) is 0 Å². The van der Waals surface area contributed by atoms with Crippen LogP contribution in [0.2, 0.25) is 0 Å². The van der Waals surface area contributed by atoms with Gasteiger partial charge in [0.2, 0.25) is 0 Å². The molecule has 1 rings (SSSR count). The minimum absolute atomic E-state index is 8.61. The molecule has 0 nitrogen and oxygen atoms in total. The first-order valence-electron chi connectivity index (χ1n) is 6.28. The number of rotatable bonds is 0. The van der Waals surface area contributed by atoms with Crippen LogP contribution in [0.1, 0.15) is 0 Å². The summed E-state index contributed by atoms with van der Waals surface area (Å²) < 4.78 is 262. The maximum absolute atomic E-state index is 14.2. The normalized spacial score (nSPS) is 40.4. The molecule has 0 bridgehead atoms. The van der Waals surface area contributed by atoms with E-state index in [4.69, 9.17) is 0 Å². The largest absolute Gasteiger partial charge is 0.432 e. The van der Waals surface area contributed by atoms with Crippen LogP contribution in [0.3, 0.4) is 0 Å². The first-order valence-corrected chi connectivity index (χ1v) is 6.28. The summed E-state index contributed by atoms with van der Waals surface area (Å²) in [6.45, 7) is 0. The minimum Gasteiger partial charge on any atom is -0.225 e. The monoisotopic (exact) mass is 500 g/mol. The molecule has 1 saturated carbocycles. The smallest absolute Gasteiger partial charge is 0.225 e. The third-order valence-corrected chi connectivity index (χ3v) is 4.25. The van der Waals surface area contributed by atoms with Crippen molar-refractivity contribution in [3.63, 3.8) is 0 Å². The fourth-order valence-electron chi connectivity index (χ4n) is 2.87. The molecule has 20 heteroatoms. The van der Waals surface area contributed by atoms with Crippen LogP contribution in [0.15, 0.2) is 0 Å². The molecule has 0 aliphatic heterocycles. The molecule has 0 heterocycles. The molecule has 30 heavy (non-hydrogen) atoms. The Labute approximate surface area is 148 Å². The van der Waals surface area contributed by atoms with Crippen molar-refractivity contribution in [2.45, 2.75) is 59.2 Å². The van der Waals surface area contributed by atoms with Crippen molar-refractivity contribution in [3.8, 4) is 0 Å². The lowest BCUT2D eigenvalue weighted by molar-refractivity contribution is -0.538. The molecular formula is C10F20. The van der Waals surface area contributed by atoms with E-state index in [2.05, 4.69) is 0 Å². The molecular weight excluding hydrogens is 500 g/mol. The van der Waals surface area contributed by atoms with Crippen LogP contribution >= 0.6 is 0 Å². The van der Waals surface area contributed by atoms with Gasteiger partial charge in [0.15, 0.2) is 0 Å². The summed E-state index contributed by atoms with van der Waals surface area (Å²) in [6, 6.07) is 0. The van der Waals surface area contributed by atoms with Gasteiger partial charge >= 0.3 is 59.2 Å². The van der Waals surface area contributed by atoms with Gasteiger partial charge in [0, 0.05) is 0 Å². The van der Waals surface area contributed by atoms with Crippen LogP contribution in [0.5, 0.6) is 0 Å². The van der Waals surface area contributed by atoms with Crippen LogP contribution in [-0.2, 0) is 0 Å². The first kappa shape index (κ1) is 26.6.